The van der Waals surface area contributed by atoms with Crippen LogP contribution >= 0.6 is 15.9 Å². The molecule has 0 aromatic heterocycles. The monoisotopic (exact) mass is 236 g/mol. The first kappa shape index (κ1) is 9.99. The molecule has 1 unspecified atom stereocenters. The normalized spacial score (nSPS) is 22.6. The number of ether oxygens (including phenoxy) is 2. The Bertz CT molecular complexity index is 143. The predicted molar refractivity (Wildman–Crippen MR) is 48.3 cm³/mol. The van der Waals surface area contributed by atoms with Gasteiger partial charge in [0.15, 0.2) is 0 Å². The Morgan fingerprint density at radius 3 is 3.08 bits per heavy atom. The summed E-state index contributed by atoms with van der Waals surface area (Å²) in [6.07, 6.45) is 2.68. The molecule has 0 aromatic rings. The van der Waals surface area contributed by atoms with E-state index < -0.39 is 0 Å². The van der Waals surface area contributed by atoms with E-state index in [1.54, 1.807) is 0 Å². The smallest absolute Gasteiger partial charge is 0.306 e. The first-order chi connectivity index (χ1) is 5.83. The molecule has 0 aliphatic carbocycles. The van der Waals surface area contributed by atoms with Gasteiger partial charge in [-0.05, 0) is 12.8 Å². The molecule has 1 fully saturated rings. The molecule has 1 aliphatic rings. The molecule has 1 heterocycles. The van der Waals surface area contributed by atoms with Crippen molar-refractivity contribution in [1.29, 1.82) is 0 Å². The zero-order valence-electron chi connectivity index (χ0n) is 6.92. The molecule has 1 aliphatic heterocycles. The Morgan fingerprint density at radius 1 is 1.67 bits per heavy atom. The van der Waals surface area contributed by atoms with Crippen LogP contribution in [-0.4, -0.2) is 30.6 Å². The number of hydrogen-bond acceptors (Lipinski definition) is 3. The summed E-state index contributed by atoms with van der Waals surface area (Å²) in [5.41, 5.74) is 0. The van der Waals surface area contributed by atoms with Gasteiger partial charge in [0.25, 0.3) is 0 Å². The van der Waals surface area contributed by atoms with Crippen LogP contribution < -0.4 is 0 Å². The van der Waals surface area contributed by atoms with E-state index in [0.717, 1.165) is 19.4 Å². The number of carbonyl (C=O) groups excluding carboxylic acids is 1. The van der Waals surface area contributed by atoms with Gasteiger partial charge in [0, 0.05) is 11.9 Å². The average Bonchev–Trinajstić information content (AvgIpc) is 2.53. The van der Waals surface area contributed by atoms with Crippen molar-refractivity contribution < 1.29 is 14.3 Å². The summed E-state index contributed by atoms with van der Waals surface area (Å²) in [5, 5.41) is 0.664. The molecule has 0 aromatic carbocycles. The average molecular weight is 237 g/mol. The summed E-state index contributed by atoms with van der Waals surface area (Å²) >= 11 is 3.17. The van der Waals surface area contributed by atoms with Gasteiger partial charge in [0.1, 0.15) is 6.61 Å². The van der Waals surface area contributed by atoms with Crippen LogP contribution in [0.15, 0.2) is 0 Å². The van der Waals surface area contributed by atoms with Crippen LogP contribution in [0.25, 0.3) is 0 Å². The molecule has 4 heteroatoms. The molecule has 70 valence electrons. The standard InChI is InChI=1S/C8H13BrO3/c9-4-3-8(10)12-6-7-2-1-5-11-7/h7H,1-6H2. The van der Waals surface area contributed by atoms with Crippen LogP contribution in [0.3, 0.4) is 0 Å². The Balaban J connectivity index is 2.03. The van der Waals surface area contributed by atoms with E-state index in [2.05, 4.69) is 15.9 Å². The number of esters is 1. The SMILES string of the molecule is O=C(CCBr)OCC1CCCO1. The topological polar surface area (TPSA) is 35.5 Å². The highest BCUT2D eigenvalue weighted by molar-refractivity contribution is 9.09. The van der Waals surface area contributed by atoms with E-state index in [9.17, 15) is 4.79 Å². The zero-order chi connectivity index (χ0) is 8.81. The van der Waals surface area contributed by atoms with E-state index in [4.69, 9.17) is 9.47 Å². The fraction of sp³-hybridized carbons (Fsp3) is 0.875. The van der Waals surface area contributed by atoms with E-state index in [1.807, 2.05) is 0 Å². The van der Waals surface area contributed by atoms with E-state index >= 15 is 0 Å². The number of alkyl halides is 1. The first-order valence-corrected chi connectivity index (χ1v) is 5.28. The molecular weight excluding hydrogens is 224 g/mol. The van der Waals surface area contributed by atoms with E-state index in [0.29, 0.717) is 18.4 Å². The van der Waals surface area contributed by atoms with Gasteiger partial charge in [-0.2, -0.15) is 0 Å². The molecule has 1 rings (SSSR count). The number of hydrogen-bond donors (Lipinski definition) is 0. The number of halogens is 1. The summed E-state index contributed by atoms with van der Waals surface area (Å²) in [6, 6.07) is 0. The van der Waals surface area contributed by atoms with Crippen molar-refractivity contribution in [2.24, 2.45) is 0 Å². The molecule has 12 heavy (non-hydrogen) atoms. The van der Waals surface area contributed by atoms with Crippen molar-refractivity contribution in [2.75, 3.05) is 18.5 Å². The van der Waals surface area contributed by atoms with E-state index in [1.165, 1.54) is 0 Å². The second-order valence-electron chi connectivity index (χ2n) is 2.76. The quantitative estimate of drug-likeness (QED) is 0.549. The lowest BCUT2D eigenvalue weighted by Crippen LogP contribution is -2.17. The van der Waals surface area contributed by atoms with Crippen molar-refractivity contribution in [3.63, 3.8) is 0 Å². The zero-order valence-corrected chi connectivity index (χ0v) is 8.51. The van der Waals surface area contributed by atoms with Crippen molar-refractivity contribution in [3.05, 3.63) is 0 Å². The van der Waals surface area contributed by atoms with Gasteiger partial charge in [-0.25, -0.2) is 0 Å². The van der Waals surface area contributed by atoms with Crippen molar-refractivity contribution in [3.8, 4) is 0 Å². The minimum absolute atomic E-state index is 0.143. The Kier molecular flexibility index (Phi) is 4.61. The lowest BCUT2D eigenvalue weighted by atomic mass is 10.2. The molecule has 0 radical (unpaired) electrons. The van der Waals surface area contributed by atoms with Crippen LogP contribution in [0.1, 0.15) is 19.3 Å². The second kappa shape index (κ2) is 5.54. The lowest BCUT2D eigenvalue weighted by molar-refractivity contribution is -0.146. The van der Waals surface area contributed by atoms with Crippen LogP contribution in [0.4, 0.5) is 0 Å². The maximum absolute atomic E-state index is 10.9. The Labute approximate surface area is 80.5 Å². The molecule has 0 saturated carbocycles. The van der Waals surface area contributed by atoms with Crippen LogP contribution in [0, 0.1) is 0 Å². The summed E-state index contributed by atoms with van der Waals surface area (Å²) < 4.78 is 10.3. The molecule has 0 N–H and O–H groups in total. The number of rotatable bonds is 4. The predicted octanol–water partition coefficient (Wildman–Crippen LogP) is 1.49. The van der Waals surface area contributed by atoms with E-state index in [-0.39, 0.29) is 12.1 Å². The molecule has 1 saturated heterocycles. The number of carbonyl (C=O) groups is 1. The lowest BCUT2D eigenvalue weighted by Gasteiger charge is -2.09. The van der Waals surface area contributed by atoms with Gasteiger partial charge in [0.05, 0.1) is 12.5 Å². The molecule has 0 amide bonds. The van der Waals surface area contributed by atoms with Gasteiger partial charge in [-0.3, -0.25) is 4.79 Å². The third-order valence-corrected chi connectivity index (χ3v) is 2.15. The van der Waals surface area contributed by atoms with Gasteiger partial charge < -0.3 is 9.47 Å². The second-order valence-corrected chi connectivity index (χ2v) is 3.55. The third kappa shape index (κ3) is 3.54. The summed E-state index contributed by atoms with van der Waals surface area (Å²) in [6.45, 7) is 1.23. The molecule has 1 atom stereocenters. The van der Waals surface area contributed by atoms with Crippen molar-refractivity contribution in [1.82, 2.24) is 0 Å². The highest BCUT2D eigenvalue weighted by Crippen LogP contribution is 2.12. The van der Waals surface area contributed by atoms with Gasteiger partial charge in [0.2, 0.25) is 0 Å². The first-order valence-electron chi connectivity index (χ1n) is 4.16. The maximum Gasteiger partial charge on any atom is 0.306 e. The van der Waals surface area contributed by atoms with Crippen molar-refractivity contribution >= 4 is 21.9 Å². The summed E-state index contributed by atoms with van der Waals surface area (Å²) in [7, 11) is 0. The largest absolute Gasteiger partial charge is 0.463 e. The molecular formula is C8H13BrO3. The highest BCUT2D eigenvalue weighted by Gasteiger charge is 2.16. The van der Waals surface area contributed by atoms with Gasteiger partial charge in [-0.1, -0.05) is 15.9 Å². The highest BCUT2D eigenvalue weighted by atomic mass is 79.9. The molecule has 0 spiro atoms. The maximum atomic E-state index is 10.9. The van der Waals surface area contributed by atoms with Crippen LogP contribution in [0.2, 0.25) is 0 Å². The Morgan fingerprint density at radius 2 is 2.50 bits per heavy atom. The third-order valence-electron chi connectivity index (χ3n) is 1.75. The summed E-state index contributed by atoms with van der Waals surface area (Å²) in [5.74, 6) is -0.151. The fourth-order valence-electron chi connectivity index (χ4n) is 1.11. The van der Waals surface area contributed by atoms with Gasteiger partial charge in [-0.15, -0.1) is 0 Å². The minimum Gasteiger partial charge on any atom is -0.463 e. The summed E-state index contributed by atoms with van der Waals surface area (Å²) in [4.78, 5) is 10.9. The fourth-order valence-corrected chi connectivity index (χ4v) is 1.43. The van der Waals surface area contributed by atoms with Gasteiger partial charge >= 0.3 is 5.97 Å². The van der Waals surface area contributed by atoms with Crippen molar-refractivity contribution in [2.45, 2.75) is 25.4 Å². The van der Waals surface area contributed by atoms with Crippen LogP contribution in [0.5, 0.6) is 0 Å². The Hall–Kier alpha value is -0.0900. The van der Waals surface area contributed by atoms with Crippen LogP contribution in [-0.2, 0) is 14.3 Å². The minimum atomic E-state index is -0.151. The molecule has 0 bridgehead atoms. The molecule has 3 nitrogen and oxygen atoms in total.